The highest BCUT2D eigenvalue weighted by molar-refractivity contribution is 7.89. The van der Waals surface area contributed by atoms with Crippen LogP contribution in [0.15, 0.2) is 11.0 Å². The molecule has 2 rings (SSSR count). The molecule has 1 aliphatic heterocycles. The summed E-state index contributed by atoms with van der Waals surface area (Å²) >= 11 is 0. The van der Waals surface area contributed by atoms with Crippen molar-refractivity contribution in [1.82, 2.24) is 10.0 Å². The predicted molar refractivity (Wildman–Crippen MR) is 86.2 cm³/mol. The number of nitrogens with one attached hydrogen (secondary N) is 2. The van der Waals surface area contributed by atoms with Crippen LogP contribution in [0.25, 0.3) is 0 Å². The van der Waals surface area contributed by atoms with Crippen LogP contribution in [-0.4, -0.2) is 27.0 Å². The van der Waals surface area contributed by atoms with E-state index in [2.05, 4.69) is 23.0 Å². The summed E-state index contributed by atoms with van der Waals surface area (Å²) < 4.78 is 28.6. The fraction of sp³-hybridized carbons (Fsp3) is 0.625. The van der Waals surface area contributed by atoms with Crippen LogP contribution in [0.2, 0.25) is 0 Å². The van der Waals surface area contributed by atoms with Gasteiger partial charge in [-0.15, -0.1) is 0 Å². The lowest BCUT2D eigenvalue weighted by Crippen LogP contribution is -2.46. The van der Waals surface area contributed by atoms with E-state index in [1.165, 1.54) is 0 Å². The van der Waals surface area contributed by atoms with Crippen molar-refractivity contribution in [2.75, 3.05) is 6.54 Å². The molecule has 1 fully saturated rings. The Hall–Kier alpha value is -0.910. The van der Waals surface area contributed by atoms with E-state index < -0.39 is 10.0 Å². The maximum Gasteiger partial charge on any atom is 0.241 e. The molecule has 0 spiro atoms. The highest BCUT2D eigenvalue weighted by Crippen LogP contribution is 2.26. The summed E-state index contributed by atoms with van der Waals surface area (Å²) in [5.74, 6) is 0. The third-order valence-corrected chi connectivity index (χ3v) is 6.30. The van der Waals surface area contributed by atoms with Crippen molar-refractivity contribution in [1.29, 1.82) is 0 Å². The van der Waals surface area contributed by atoms with E-state index in [1.807, 2.05) is 27.7 Å². The van der Waals surface area contributed by atoms with Gasteiger partial charge < -0.3 is 5.32 Å². The molecule has 5 heteroatoms. The van der Waals surface area contributed by atoms with Gasteiger partial charge in [0, 0.05) is 12.1 Å². The summed E-state index contributed by atoms with van der Waals surface area (Å²) in [4.78, 5) is 0.464. The van der Waals surface area contributed by atoms with Gasteiger partial charge in [0.2, 0.25) is 10.0 Å². The van der Waals surface area contributed by atoms with Gasteiger partial charge in [-0.2, -0.15) is 0 Å². The molecule has 2 atom stereocenters. The van der Waals surface area contributed by atoms with Crippen molar-refractivity contribution in [3.8, 4) is 0 Å². The fourth-order valence-corrected chi connectivity index (χ4v) is 5.00. The van der Waals surface area contributed by atoms with Crippen LogP contribution < -0.4 is 10.0 Å². The SMILES string of the molecule is Cc1cc(C)c(C)c(S(=O)(=O)NC2CCNC(C)C2)c1C. The van der Waals surface area contributed by atoms with Crippen molar-refractivity contribution in [2.45, 2.75) is 64.4 Å². The van der Waals surface area contributed by atoms with Crippen molar-refractivity contribution < 1.29 is 8.42 Å². The highest BCUT2D eigenvalue weighted by Gasteiger charge is 2.27. The Morgan fingerprint density at radius 1 is 1.14 bits per heavy atom. The van der Waals surface area contributed by atoms with E-state index in [0.717, 1.165) is 41.6 Å². The molecule has 1 heterocycles. The molecule has 4 nitrogen and oxygen atoms in total. The Bertz CT molecular complexity index is 612. The molecule has 118 valence electrons. The molecular weight excluding hydrogens is 284 g/mol. The second-order valence-electron chi connectivity index (χ2n) is 6.29. The van der Waals surface area contributed by atoms with Gasteiger partial charge in [0.1, 0.15) is 0 Å². The lowest BCUT2D eigenvalue weighted by atomic mass is 10.0. The third kappa shape index (κ3) is 3.47. The monoisotopic (exact) mass is 310 g/mol. The zero-order chi connectivity index (χ0) is 15.8. The number of rotatable bonds is 3. The number of hydrogen-bond acceptors (Lipinski definition) is 3. The number of piperidine rings is 1. The summed E-state index contributed by atoms with van der Waals surface area (Å²) in [6.45, 7) is 10.7. The smallest absolute Gasteiger partial charge is 0.241 e. The summed E-state index contributed by atoms with van der Waals surface area (Å²) in [5.41, 5.74) is 3.76. The second-order valence-corrected chi connectivity index (χ2v) is 7.94. The van der Waals surface area contributed by atoms with Gasteiger partial charge in [-0.05, 0) is 76.3 Å². The second kappa shape index (κ2) is 6.07. The lowest BCUT2D eigenvalue weighted by Gasteiger charge is -2.29. The minimum absolute atomic E-state index is 0.0193. The topological polar surface area (TPSA) is 58.2 Å². The lowest BCUT2D eigenvalue weighted by molar-refractivity contribution is 0.361. The van der Waals surface area contributed by atoms with Crippen LogP contribution in [0.1, 0.15) is 42.0 Å². The zero-order valence-electron chi connectivity index (χ0n) is 13.6. The molecule has 0 radical (unpaired) electrons. The third-order valence-electron chi connectivity index (χ3n) is 4.51. The molecule has 0 saturated carbocycles. The number of benzene rings is 1. The molecule has 0 amide bonds. The summed E-state index contributed by atoms with van der Waals surface area (Å²) in [6, 6.07) is 2.43. The van der Waals surface area contributed by atoms with Crippen molar-refractivity contribution in [2.24, 2.45) is 0 Å². The maximum absolute atomic E-state index is 12.8. The molecule has 1 aromatic carbocycles. The van der Waals surface area contributed by atoms with Crippen LogP contribution in [-0.2, 0) is 10.0 Å². The molecule has 21 heavy (non-hydrogen) atoms. The predicted octanol–water partition coefficient (Wildman–Crippen LogP) is 2.34. The Balaban J connectivity index is 2.36. The van der Waals surface area contributed by atoms with Gasteiger partial charge in [0.05, 0.1) is 4.90 Å². The Morgan fingerprint density at radius 2 is 1.71 bits per heavy atom. The molecule has 0 aliphatic carbocycles. The minimum atomic E-state index is -3.47. The molecule has 1 aromatic rings. The van der Waals surface area contributed by atoms with Crippen LogP contribution in [0, 0.1) is 27.7 Å². The molecule has 2 N–H and O–H groups in total. The summed E-state index contributed by atoms with van der Waals surface area (Å²) in [6.07, 6.45) is 1.68. The molecule has 0 aromatic heterocycles. The van der Waals surface area contributed by atoms with Crippen LogP contribution in [0.5, 0.6) is 0 Å². The molecule has 0 bridgehead atoms. The van der Waals surface area contributed by atoms with E-state index in [-0.39, 0.29) is 6.04 Å². The Morgan fingerprint density at radius 3 is 2.24 bits per heavy atom. The van der Waals surface area contributed by atoms with E-state index >= 15 is 0 Å². The van der Waals surface area contributed by atoms with Gasteiger partial charge in [-0.1, -0.05) is 6.07 Å². The van der Waals surface area contributed by atoms with Crippen LogP contribution >= 0.6 is 0 Å². The van der Waals surface area contributed by atoms with Gasteiger partial charge in [0.25, 0.3) is 0 Å². The molecule has 1 aliphatic rings. The number of hydrogen-bond donors (Lipinski definition) is 2. The first-order valence-electron chi connectivity index (χ1n) is 7.55. The van der Waals surface area contributed by atoms with Gasteiger partial charge in [-0.25, -0.2) is 13.1 Å². The standard InChI is InChI=1S/C16H26N2O2S/c1-10-8-11(2)14(5)16(13(10)4)21(19,20)18-15-6-7-17-12(3)9-15/h8,12,15,17-18H,6-7,9H2,1-5H3. The van der Waals surface area contributed by atoms with E-state index in [4.69, 9.17) is 0 Å². The van der Waals surface area contributed by atoms with Gasteiger partial charge >= 0.3 is 0 Å². The van der Waals surface area contributed by atoms with E-state index in [0.29, 0.717) is 10.9 Å². The van der Waals surface area contributed by atoms with Crippen molar-refractivity contribution in [3.63, 3.8) is 0 Å². The van der Waals surface area contributed by atoms with E-state index in [9.17, 15) is 8.42 Å². The molecular formula is C16H26N2O2S. The first-order valence-corrected chi connectivity index (χ1v) is 9.04. The van der Waals surface area contributed by atoms with Gasteiger partial charge in [0.15, 0.2) is 0 Å². The normalized spacial score (nSPS) is 23.3. The Labute approximate surface area is 128 Å². The summed E-state index contributed by atoms with van der Waals surface area (Å²) in [5, 5.41) is 3.34. The molecule has 1 saturated heterocycles. The zero-order valence-corrected chi connectivity index (χ0v) is 14.4. The Kier molecular flexibility index (Phi) is 4.76. The number of sulfonamides is 1. The quantitative estimate of drug-likeness (QED) is 0.901. The average molecular weight is 310 g/mol. The average Bonchev–Trinajstić information content (AvgIpc) is 2.35. The van der Waals surface area contributed by atoms with Crippen LogP contribution in [0.4, 0.5) is 0 Å². The first-order chi connectivity index (χ1) is 9.72. The van der Waals surface area contributed by atoms with Crippen molar-refractivity contribution in [3.05, 3.63) is 28.3 Å². The maximum atomic E-state index is 12.8. The molecule has 2 unspecified atom stereocenters. The van der Waals surface area contributed by atoms with Crippen molar-refractivity contribution >= 4 is 10.0 Å². The van der Waals surface area contributed by atoms with Gasteiger partial charge in [-0.3, -0.25) is 0 Å². The van der Waals surface area contributed by atoms with E-state index in [1.54, 1.807) is 0 Å². The fourth-order valence-electron chi connectivity index (χ4n) is 3.10. The van der Waals surface area contributed by atoms with Crippen LogP contribution in [0.3, 0.4) is 0 Å². The minimum Gasteiger partial charge on any atom is -0.314 e. The largest absolute Gasteiger partial charge is 0.314 e. The number of aryl methyl sites for hydroxylation is 2. The first kappa shape index (κ1) is 16.5. The highest BCUT2D eigenvalue weighted by atomic mass is 32.2. The summed E-state index contributed by atoms with van der Waals surface area (Å²) in [7, 11) is -3.47.